The van der Waals surface area contributed by atoms with Gasteiger partial charge in [-0.15, -0.1) is 0 Å². The second-order valence-electron chi connectivity index (χ2n) is 5.69. The smallest absolute Gasteiger partial charge is 0.279 e. The quantitative estimate of drug-likeness (QED) is 0.593. The summed E-state index contributed by atoms with van der Waals surface area (Å²) in [4.78, 5) is 17.0. The van der Waals surface area contributed by atoms with Crippen LogP contribution in [0.2, 0.25) is 0 Å². The third kappa shape index (κ3) is 2.93. The molecule has 0 fully saturated rings. The van der Waals surface area contributed by atoms with Crippen LogP contribution in [0.5, 0.6) is 5.75 Å². The lowest BCUT2D eigenvalue weighted by atomic mass is 10.3. The van der Waals surface area contributed by atoms with E-state index < -0.39 is 0 Å². The summed E-state index contributed by atoms with van der Waals surface area (Å²) < 4.78 is 12.8. The Bertz CT molecular complexity index is 1110. The molecule has 8 nitrogen and oxygen atoms in total. The number of rotatable bonds is 4. The van der Waals surface area contributed by atoms with E-state index in [9.17, 15) is 4.79 Å². The van der Waals surface area contributed by atoms with E-state index in [2.05, 4.69) is 20.6 Å². The molecule has 0 saturated carbocycles. The van der Waals surface area contributed by atoms with Crippen molar-refractivity contribution in [2.75, 3.05) is 12.4 Å². The predicted octanol–water partition coefficient (Wildman–Crippen LogP) is 3.35. The summed E-state index contributed by atoms with van der Waals surface area (Å²) in [6.45, 7) is 3.58. The molecule has 0 atom stereocenters. The average molecular weight is 369 g/mol. The minimum absolute atomic E-state index is 0.210. The van der Waals surface area contributed by atoms with E-state index in [0.29, 0.717) is 16.7 Å². The highest BCUT2D eigenvalue weighted by Gasteiger charge is 2.17. The van der Waals surface area contributed by atoms with Crippen LogP contribution >= 0.6 is 11.3 Å². The Labute approximate surface area is 152 Å². The number of aromatic nitrogens is 4. The summed E-state index contributed by atoms with van der Waals surface area (Å²) in [7, 11) is 1.62. The molecule has 1 N–H and O–H groups in total. The lowest BCUT2D eigenvalue weighted by Gasteiger charge is -2.04. The van der Waals surface area contributed by atoms with Gasteiger partial charge in [0.2, 0.25) is 5.13 Å². The number of carbonyl (C=O) groups excluding carboxylic acids is 1. The molecule has 0 aliphatic carbocycles. The van der Waals surface area contributed by atoms with Gasteiger partial charge < -0.3 is 14.6 Å². The minimum Gasteiger partial charge on any atom is -0.497 e. The molecule has 0 unspecified atom stereocenters. The fourth-order valence-corrected chi connectivity index (χ4v) is 3.46. The molecule has 9 heteroatoms. The number of anilines is 1. The van der Waals surface area contributed by atoms with Crippen LogP contribution in [0, 0.1) is 13.8 Å². The number of carbonyl (C=O) groups is 1. The van der Waals surface area contributed by atoms with Crippen molar-refractivity contribution in [3.05, 3.63) is 47.5 Å². The number of ether oxygens (including phenoxy) is 1. The number of thiazole rings is 1. The normalized spacial score (nSPS) is 11.0. The maximum atomic E-state index is 12.4. The number of hydrogen-bond donors (Lipinski definition) is 1. The van der Waals surface area contributed by atoms with Gasteiger partial charge in [-0.25, -0.2) is 4.98 Å². The number of amides is 1. The summed E-state index contributed by atoms with van der Waals surface area (Å²) in [5.74, 6) is 1.48. The summed E-state index contributed by atoms with van der Waals surface area (Å²) in [6.07, 6.45) is 0. The second-order valence-corrected chi connectivity index (χ2v) is 6.70. The Hall–Kier alpha value is -3.20. The van der Waals surface area contributed by atoms with Crippen molar-refractivity contribution in [2.24, 2.45) is 0 Å². The van der Waals surface area contributed by atoms with Crippen LogP contribution in [0.4, 0.5) is 5.82 Å². The third-order valence-corrected chi connectivity index (χ3v) is 4.69. The average Bonchev–Trinajstić information content (AvgIpc) is 3.32. The molecule has 4 aromatic rings. The Kier molecular flexibility index (Phi) is 3.92. The molecule has 3 aromatic heterocycles. The molecule has 1 amide bonds. The van der Waals surface area contributed by atoms with Gasteiger partial charge in [0.1, 0.15) is 17.3 Å². The van der Waals surface area contributed by atoms with Crippen molar-refractivity contribution >= 4 is 33.3 Å². The van der Waals surface area contributed by atoms with Crippen LogP contribution in [0.1, 0.15) is 21.9 Å². The number of aryl methyl sites for hydroxylation is 2. The van der Waals surface area contributed by atoms with Crippen LogP contribution in [0.15, 0.2) is 34.9 Å². The first-order chi connectivity index (χ1) is 12.5. The highest BCUT2D eigenvalue weighted by Crippen LogP contribution is 2.30. The lowest BCUT2D eigenvalue weighted by molar-refractivity contribution is 0.101. The standard InChI is InChI=1S/C17H15N5O3S/c1-9-6-15(19-16(23)13-7-10(2)25-21-13)22(20-9)17-18-12-5-4-11(24-3)8-14(12)26-17/h4-8H,1-3H3,(H,19,23). The maximum Gasteiger partial charge on any atom is 0.279 e. The minimum atomic E-state index is -0.370. The van der Waals surface area contributed by atoms with Gasteiger partial charge in [0, 0.05) is 12.1 Å². The topological polar surface area (TPSA) is 95.1 Å². The molecule has 132 valence electrons. The number of methoxy groups -OCH3 is 1. The summed E-state index contributed by atoms with van der Waals surface area (Å²) in [5, 5.41) is 11.6. The molecule has 0 spiro atoms. The highest BCUT2D eigenvalue weighted by atomic mass is 32.1. The highest BCUT2D eigenvalue weighted by molar-refractivity contribution is 7.20. The van der Waals surface area contributed by atoms with E-state index in [-0.39, 0.29) is 11.6 Å². The third-order valence-electron chi connectivity index (χ3n) is 3.70. The summed E-state index contributed by atoms with van der Waals surface area (Å²) in [5.41, 5.74) is 1.80. The van der Waals surface area contributed by atoms with E-state index in [0.717, 1.165) is 21.7 Å². The molecule has 1 aromatic carbocycles. The van der Waals surface area contributed by atoms with E-state index in [1.54, 1.807) is 30.8 Å². The number of benzene rings is 1. The fraction of sp³-hybridized carbons (Fsp3) is 0.176. The summed E-state index contributed by atoms with van der Waals surface area (Å²) >= 11 is 1.46. The second kappa shape index (κ2) is 6.26. The van der Waals surface area contributed by atoms with Gasteiger partial charge in [-0.1, -0.05) is 16.5 Å². The molecule has 26 heavy (non-hydrogen) atoms. The fourth-order valence-electron chi connectivity index (χ4n) is 2.50. The van der Waals surface area contributed by atoms with Gasteiger partial charge in [0.15, 0.2) is 5.69 Å². The SMILES string of the molecule is COc1ccc2nc(-n3nc(C)cc3NC(=O)c3cc(C)on3)sc2c1. The van der Waals surface area contributed by atoms with Crippen LogP contribution in [0.3, 0.4) is 0 Å². The first kappa shape index (κ1) is 16.3. The van der Waals surface area contributed by atoms with Crippen molar-refractivity contribution in [1.29, 1.82) is 0 Å². The zero-order valence-electron chi connectivity index (χ0n) is 14.3. The van der Waals surface area contributed by atoms with Gasteiger partial charge in [-0.05, 0) is 32.0 Å². The Balaban J connectivity index is 1.70. The van der Waals surface area contributed by atoms with Crippen molar-refractivity contribution < 1.29 is 14.1 Å². The first-order valence-electron chi connectivity index (χ1n) is 7.80. The van der Waals surface area contributed by atoms with Gasteiger partial charge in [0.25, 0.3) is 5.91 Å². The zero-order valence-corrected chi connectivity index (χ0v) is 15.1. The molecule has 4 rings (SSSR count). The monoisotopic (exact) mass is 369 g/mol. The van der Waals surface area contributed by atoms with Gasteiger partial charge >= 0.3 is 0 Å². The Morgan fingerprint density at radius 1 is 1.27 bits per heavy atom. The Morgan fingerprint density at radius 3 is 2.85 bits per heavy atom. The molecule has 3 heterocycles. The molecule has 0 radical (unpaired) electrons. The van der Waals surface area contributed by atoms with Crippen LogP contribution < -0.4 is 10.1 Å². The largest absolute Gasteiger partial charge is 0.497 e. The number of fused-ring (bicyclic) bond motifs is 1. The number of nitrogens with one attached hydrogen (secondary N) is 1. The Morgan fingerprint density at radius 2 is 2.12 bits per heavy atom. The lowest BCUT2D eigenvalue weighted by Crippen LogP contribution is -2.15. The van der Waals surface area contributed by atoms with Gasteiger partial charge in [0.05, 0.1) is 23.0 Å². The van der Waals surface area contributed by atoms with E-state index in [1.165, 1.54) is 11.3 Å². The van der Waals surface area contributed by atoms with E-state index in [1.807, 2.05) is 25.1 Å². The molecule has 0 saturated heterocycles. The molecular weight excluding hydrogens is 354 g/mol. The van der Waals surface area contributed by atoms with Crippen molar-refractivity contribution in [3.8, 4) is 10.9 Å². The van der Waals surface area contributed by atoms with E-state index >= 15 is 0 Å². The van der Waals surface area contributed by atoms with Gasteiger partial charge in [-0.3, -0.25) is 4.79 Å². The van der Waals surface area contributed by atoms with Crippen molar-refractivity contribution in [1.82, 2.24) is 19.9 Å². The number of nitrogens with zero attached hydrogens (tertiary/aromatic N) is 4. The number of hydrogen-bond acceptors (Lipinski definition) is 7. The van der Waals surface area contributed by atoms with Crippen LogP contribution in [0.25, 0.3) is 15.3 Å². The zero-order chi connectivity index (χ0) is 18.3. The van der Waals surface area contributed by atoms with E-state index in [4.69, 9.17) is 9.26 Å². The van der Waals surface area contributed by atoms with Crippen LogP contribution in [-0.2, 0) is 0 Å². The van der Waals surface area contributed by atoms with Crippen molar-refractivity contribution in [2.45, 2.75) is 13.8 Å². The first-order valence-corrected chi connectivity index (χ1v) is 8.61. The maximum absolute atomic E-state index is 12.4. The molecular formula is C17H15N5O3S. The van der Waals surface area contributed by atoms with Crippen LogP contribution in [-0.4, -0.2) is 32.9 Å². The molecule has 0 aliphatic heterocycles. The van der Waals surface area contributed by atoms with Gasteiger partial charge in [-0.2, -0.15) is 9.78 Å². The molecule has 0 aliphatic rings. The van der Waals surface area contributed by atoms with Crippen molar-refractivity contribution in [3.63, 3.8) is 0 Å². The molecule has 0 bridgehead atoms. The summed E-state index contributed by atoms with van der Waals surface area (Å²) in [6, 6.07) is 9.02. The predicted molar refractivity (Wildman–Crippen MR) is 97.2 cm³/mol.